The molecule has 0 spiro atoms. The normalized spacial score (nSPS) is 48.6. The smallest absolute Gasteiger partial charge is 0.186 e. The number of allylic oxidation sites excluding steroid dienone is 1. The second kappa shape index (κ2) is 11.1. The van der Waals surface area contributed by atoms with E-state index in [1.54, 1.807) is 5.57 Å². The summed E-state index contributed by atoms with van der Waals surface area (Å²) >= 11 is 0. The van der Waals surface area contributed by atoms with Gasteiger partial charge in [-0.15, -0.1) is 0 Å². The molecule has 0 aromatic heterocycles. The zero-order valence-corrected chi connectivity index (χ0v) is 24.9. The molecule has 4 aliphatic carbocycles. The maximum absolute atomic E-state index is 10.4. The van der Waals surface area contributed by atoms with E-state index in [-0.39, 0.29) is 18.1 Å². The summed E-state index contributed by atoms with van der Waals surface area (Å²) in [6.45, 7) is 14.9. The molecular formula is C33H56O5. The molecule has 3 saturated carbocycles. The summed E-state index contributed by atoms with van der Waals surface area (Å²) in [4.78, 5) is 0. The molecule has 5 rings (SSSR count). The van der Waals surface area contributed by atoms with Gasteiger partial charge in [0.1, 0.15) is 18.3 Å². The number of hydrogen-bond acceptors (Lipinski definition) is 5. The molecular weight excluding hydrogens is 476 g/mol. The number of hydrogen-bond donors (Lipinski definition) is 3. The van der Waals surface area contributed by atoms with Crippen molar-refractivity contribution in [2.45, 2.75) is 136 Å². The van der Waals surface area contributed by atoms with E-state index < -0.39 is 24.6 Å². The molecule has 0 bridgehead atoms. The van der Waals surface area contributed by atoms with Gasteiger partial charge in [0.15, 0.2) is 6.29 Å². The standard InChI is InChI=1S/C33H56O5/c1-19(2)20(3)7-8-21(4)25-11-12-26-24-10-9-22-17-23(38-31-30(36)29(35)28(34)18-37-31)13-15-32(22,5)27(24)14-16-33(25,26)6/h9,19-21,23-31,34-36H,7-8,10-18H2,1-6H3/t20-,21-,23+,24+,25-,26+,27+,28+,29-,30+,31+,32+,33-/m1/s1. The lowest BCUT2D eigenvalue weighted by Gasteiger charge is -2.58. The van der Waals surface area contributed by atoms with Crippen molar-refractivity contribution in [2.24, 2.45) is 52.3 Å². The molecule has 1 heterocycles. The van der Waals surface area contributed by atoms with Crippen molar-refractivity contribution >= 4 is 0 Å². The topological polar surface area (TPSA) is 79.2 Å². The molecule has 5 heteroatoms. The lowest BCUT2D eigenvalue weighted by molar-refractivity contribution is -0.284. The number of rotatable bonds is 7. The van der Waals surface area contributed by atoms with E-state index in [1.165, 1.54) is 44.9 Å². The van der Waals surface area contributed by atoms with Gasteiger partial charge in [-0.3, -0.25) is 0 Å². The summed E-state index contributed by atoms with van der Waals surface area (Å²) < 4.78 is 11.7. The summed E-state index contributed by atoms with van der Waals surface area (Å²) in [5, 5.41) is 30.2. The van der Waals surface area contributed by atoms with Crippen molar-refractivity contribution in [3.05, 3.63) is 11.6 Å². The van der Waals surface area contributed by atoms with Crippen LogP contribution < -0.4 is 0 Å². The quantitative estimate of drug-likeness (QED) is 0.345. The summed E-state index contributed by atoms with van der Waals surface area (Å²) in [6, 6.07) is 0. The van der Waals surface area contributed by atoms with Gasteiger partial charge in [0.2, 0.25) is 0 Å². The Balaban J connectivity index is 1.24. The highest BCUT2D eigenvalue weighted by atomic mass is 16.7. The zero-order valence-electron chi connectivity index (χ0n) is 24.9. The molecule has 4 fully saturated rings. The Morgan fingerprint density at radius 2 is 1.71 bits per heavy atom. The third-order valence-corrected chi connectivity index (χ3v) is 12.8. The molecule has 218 valence electrons. The highest BCUT2D eigenvalue weighted by molar-refractivity contribution is 5.25. The third kappa shape index (κ3) is 5.06. The first kappa shape index (κ1) is 29.0. The molecule has 3 N–H and O–H groups in total. The van der Waals surface area contributed by atoms with Gasteiger partial charge in [0, 0.05) is 0 Å². The second-order valence-corrected chi connectivity index (χ2v) is 15.0. The first-order valence-corrected chi connectivity index (χ1v) is 16.0. The highest BCUT2D eigenvalue weighted by Gasteiger charge is 2.59. The lowest BCUT2D eigenvalue weighted by atomic mass is 9.47. The summed E-state index contributed by atoms with van der Waals surface area (Å²) in [6.07, 6.45) is 10.7. The van der Waals surface area contributed by atoms with Crippen LogP contribution in [0.1, 0.15) is 106 Å². The van der Waals surface area contributed by atoms with Crippen LogP contribution in [0.5, 0.6) is 0 Å². The van der Waals surface area contributed by atoms with Crippen molar-refractivity contribution in [2.75, 3.05) is 6.61 Å². The SMILES string of the molecule is CC(C)[C@H](C)CC[C@@H](C)[C@H]1CC[C@H]2[C@@H]3CC=C4C[C@@H](O[C@@H]5OC[C@H](O)[C@@H](O)[C@@H]5O)CC[C@]4(C)[C@H]3CC[C@]12C. The van der Waals surface area contributed by atoms with Crippen LogP contribution in [-0.4, -0.2) is 52.6 Å². The van der Waals surface area contributed by atoms with Crippen LogP contribution in [0, 0.1) is 52.3 Å². The largest absolute Gasteiger partial charge is 0.388 e. The van der Waals surface area contributed by atoms with Gasteiger partial charge in [-0.1, -0.05) is 66.0 Å². The summed E-state index contributed by atoms with van der Waals surface area (Å²) in [5.41, 5.74) is 2.31. The van der Waals surface area contributed by atoms with E-state index in [0.29, 0.717) is 5.41 Å². The van der Waals surface area contributed by atoms with Gasteiger partial charge in [0.25, 0.3) is 0 Å². The van der Waals surface area contributed by atoms with Crippen LogP contribution in [0.25, 0.3) is 0 Å². The van der Waals surface area contributed by atoms with Gasteiger partial charge in [0.05, 0.1) is 12.7 Å². The molecule has 0 unspecified atom stereocenters. The number of aliphatic hydroxyl groups is 3. The highest BCUT2D eigenvalue weighted by Crippen LogP contribution is 2.67. The van der Waals surface area contributed by atoms with E-state index in [0.717, 1.165) is 60.7 Å². The monoisotopic (exact) mass is 532 g/mol. The van der Waals surface area contributed by atoms with Crippen LogP contribution in [-0.2, 0) is 9.47 Å². The number of ether oxygens (including phenoxy) is 2. The van der Waals surface area contributed by atoms with Crippen molar-refractivity contribution in [3.8, 4) is 0 Å². The van der Waals surface area contributed by atoms with E-state index >= 15 is 0 Å². The van der Waals surface area contributed by atoms with Crippen molar-refractivity contribution in [3.63, 3.8) is 0 Å². The molecule has 5 aliphatic rings. The fourth-order valence-electron chi connectivity index (χ4n) is 9.87. The molecule has 0 amide bonds. The van der Waals surface area contributed by atoms with Gasteiger partial charge in [-0.2, -0.15) is 0 Å². The van der Waals surface area contributed by atoms with Gasteiger partial charge in [-0.25, -0.2) is 0 Å². The Kier molecular flexibility index (Phi) is 8.47. The Hall–Kier alpha value is -0.460. The molecule has 0 aromatic rings. The molecule has 5 nitrogen and oxygen atoms in total. The minimum Gasteiger partial charge on any atom is -0.388 e. The van der Waals surface area contributed by atoms with Crippen molar-refractivity contribution in [1.82, 2.24) is 0 Å². The van der Waals surface area contributed by atoms with Crippen molar-refractivity contribution < 1.29 is 24.8 Å². The lowest BCUT2D eigenvalue weighted by Crippen LogP contribution is -2.55. The molecule has 0 aromatic carbocycles. The first-order valence-electron chi connectivity index (χ1n) is 16.0. The molecule has 1 aliphatic heterocycles. The second-order valence-electron chi connectivity index (χ2n) is 15.0. The predicted molar refractivity (Wildman–Crippen MR) is 150 cm³/mol. The van der Waals surface area contributed by atoms with Gasteiger partial charge >= 0.3 is 0 Å². The summed E-state index contributed by atoms with van der Waals surface area (Å²) in [7, 11) is 0. The van der Waals surface area contributed by atoms with Gasteiger partial charge < -0.3 is 24.8 Å². The minimum absolute atomic E-state index is 0.00367. The van der Waals surface area contributed by atoms with Crippen LogP contribution >= 0.6 is 0 Å². The third-order valence-electron chi connectivity index (χ3n) is 12.8. The molecule has 38 heavy (non-hydrogen) atoms. The Bertz CT molecular complexity index is 856. The Labute approximate surface area is 231 Å². The number of aliphatic hydroxyl groups excluding tert-OH is 3. The van der Waals surface area contributed by atoms with Crippen molar-refractivity contribution in [1.29, 1.82) is 0 Å². The minimum atomic E-state index is -1.22. The number of fused-ring (bicyclic) bond motifs is 5. The Morgan fingerprint density at radius 3 is 2.45 bits per heavy atom. The van der Waals surface area contributed by atoms with Crippen LogP contribution in [0.15, 0.2) is 11.6 Å². The van der Waals surface area contributed by atoms with E-state index in [9.17, 15) is 15.3 Å². The maximum atomic E-state index is 10.4. The maximum Gasteiger partial charge on any atom is 0.186 e. The van der Waals surface area contributed by atoms with E-state index in [4.69, 9.17) is 9.47 Å². The fraction of sp³-hybridized carbons (Fsp3) is 0.939. The van der Waals surface area contributed by atoms with E-state index in [2.05, 4.69) is 47.6 Å². The first-order chi connectivity index (χ1) is 18.0. The van der Waals surface area contributed by atoms with Crippen LogP contribution in [0.3, 0.4) is 0 Å². The Morgan fingerprint density at radius 1 is 0.947 bits per heavy atom. The molecule has 0 radical (unpaired) electrons. The molecule has 13 atom stereocenters. The fourth-order valence-corrected chi connectivity index (χ4v) is 9.87. The van der Waals surface area contributed by atoms with Gasteiger partial charge in [-0.05, 0) is 104 Å². The average molecular weight is 533 g/mol. The predicted octanol–water partition coefficient (Wildman–Crippen LogP) is 6.10. The van der Waals surface area contributed by atoms with Crippen LogP contribution in [0.4, 0.5) is 0 Å². The van der Waals surface area contributed by atoms with E-state index in [1.807, 2.05) is 0 Å². The summed E-state index contributed by atoms with van der Waals surface area (Å²) in [5.74, 6) is 5.76. The molecule has 1 saturated heterocycles. The average Bonchev–Trinajstić information content (AvgIpc) is 3.24. The zero-order chi connectivity index (χ0) is 27.4. The van der Waals surface area contributed by atoms with Crippen LogP contribution in [0.2, 0.25) is 0 Å².